The van der Waals surface area contributed by atoms with Crippen LogP contribution in [0, 0.1) is 13.8 Å². The van der Waals surface area contributed by atoms with Gasteiger partial charge in [-0.25, -0.2) is 4.98 Å². The Morgan fingerprint density at radius 1 is 1.16 bits per heavy atom. The first-order chi connectivity index (χ1) is 14.9. The van der Waals surface area contributed by atoms with E-state index < -0.39 is 0 Å². The summed E-state index contributed by atoms with van der Waals surface area (Å²) in [5.41, 5.74) is 4.39. The van der Waals surface area contributed by atoms with Crippen molar-refractivity contribution in [2.75, 3.05) is 0 Å². The number of aryl methyl sites for hydroxylation is 2. The second-order valence-electron chi connectivity index (χ2n) is 7.69. The number of hydrogen-bond donors (Lipinski definition) is 0. The van der Waals surface area contributed by atoms with Gasteiger partial charge in [0.2, 0.25) is 0 Å². The van der Waals surface area contributed by atoms with E-state index in [-0.39, 0.29) is 5.56 Å². The molecule has 0 fully saturated rings. The molecule has 0 aliphatic heterocycles. The zero-order valence-electron chi connectivity index (χ0n) is 18.0. The molecular weight excluding hydrogens is 430 g/mol. The molecule has 0 saturated carbocycles. The molecule has 7 heteroatoms. The van der Waals surface area contributed by atoms with Crippen LogP contribution in [-0.2, 0) is 5.75 Å². The number of nitrogens with zero attached hydrogens (tertiary/aromatic N) is 3. The third-order valence-electron chi connectivity index (χ3n) is 5.66. The maximum atomic E-state index is 13.5. The van der Waals surface area contributed by atoms with Crippen LogP contribution in [0.4, 0.5) is 0 Å². The van der Waals surface area contributed by atoms with Gasteiger partial charge < -0.3 is 4.52 Å². The van der Waals surface area contributed by atoms with Gasteiger partial charge in [-0.05, 0) is 62.1 Å². The lowest BCUT2D eigenvalue weighted by atomic mass is 9.98. The van der Waals surface area contributed by atoms with Gasteiger partial charge in [0, 0.05) is 16.3 Å². The number of halogens is 1. The van der Waals surface area contributed by atoms with Crippen LogP contribution in [0.25, 0.3) is 16.6 Å². The first kappa shape index (κ1) is 21.7. The predicted octanol–water partition coefficient (Wildman–Crippen LogP) is 6.45. The Labute approximate surface area is 190 Å². The molecule has 1 atom stereocenters. The molecule has 0 spiro atoms. The molecule has 160 valence electrons. The maximum Gasteiger partial charge on any atom is 0.266 e. The van der Waals surface area contributed by atoms with Gasteiger partial charge in [0.05, 0.1) is 22.3 Å². The number of benzene rings is 2. The SMILES string of the molecule is CCC(C)c1ccc(-n2c(SCc3c(C)noc3C)nc3cc(Cl)ccc3c2=O)cc1. The van der Waals surface area contributed by atoms with Crippen LogP contribution in [0.2, 0.25) is 5.02 Å². The first-order valence-corrected chi connectivity index (χ1v) is 11.6. The summed E-state index contributed by atoms with van der Waals surface area (Å²) in [6.07, 6.45) is 1.07. The molecule has 0 bridgehead atoms. The Bertz CT molecular complexity index is 1280. The van der Waals surface area contributed by atoms with Gasteiger partial charge in [0.15, 0.2) is 5.16 Å². The van der Waals surface area contributed by atoms with Crippen LogP contribution in [0.15, 0.2) is 56.9 Å². The van der Waals surface area contributed by atoms with Crippen molar-refractivity contribution in [3.05, 3.63) is 80.4 Å². The average molecular weight is 454 g/mol. The molecule has 0 radical (unpaired) electrons. The van der Waals surface area contributed by atoms with E-state index in [2.05, 4.69) is 31.1 Å². The van der Waals surface area contributed by atoms with Crippen LogP contribution in [-0.4, -0.2) is 14.7 Å². The Morgan fingerprint density at radius 3 is 2.55 bits per heavy atom. The summed E-state index contributed by atoms with van der Waals surface area (Å²) in [5, 5.41) is 5.73. The minimum absolute atomic E-state index is 0.112. The lowest BCUT2D eigenvalue weighted by Gasteiger charge is -2.15. The Morgan fingerprint density at radius 2 is 1.90 bits per heavy atom. The fourth-order valence-corrected chi connectivity index (χ4v) is 4.83. The third-order valence-corrected chi connectivity index (χ3v) is 6.86. The molecule has 4 aromatic rings. The molecule has 31 heavy (non-hydrogen) atoms. The molecular formula is C24H24ClN3O2S. The second-order valence-corrected chi connectivity index (χ2v) is 9.07. The van der Waals surface area contributed by atoms with Gasteiger partial charge in [0.1, 0.15) is 5.76 Å². The summed E-state index contributed by atoms with van der Waals surface area (Å²) in [5.74, 6) is 1.85. The smallest absolute Gasteiger partial charge is 0.266 e. The van der Waals surface area contributed by atoms with E-state index in [1.807, 2.05) is 26.0 Å². The lowest BCUT2D eigenvalue weighted by molar-refractivity contribution is 0.392. The monoisotopic (exact) mass is 453 g/mol. The topological polar surface area (TPSA) is 60.9 Å². The van der Waals surface area contributed by atoms with E-state index in [0.29, 0.717) is 32.8 Å². The van der Waals surface area contributed by atoms with Gasteiger partial charge in [-0.2, -0.15) is 0 Å². The highest BCUT2D eigenvalue weighted by Gasteiger charge is 2.17. The van der Waals surface area contributed by atoms with Crippen molar-refractivity contribution in [3.63, 3.8) is 0 Å². The molecule has 2 heterocycles. The van der Waals surface area contributed by atoms with Crippen molar-refractivity contribution in [3.8, 4) is 5.69 Å². The van der Waals surface area contributed by atoms with E-state index in [9.17, 15) is 4.79 Å². The summed E-state index contributed by atoms with van der Waals surface area (Å²) in [6, 6.07) is 13.3. The van der Waals surface area contributed by atoms with Gasteiger partial charge in [0.25, 0.3) is 5.56 Å². The Balaban J connectivity index is 1.83. The largest absolute Gasteiger partial charge is 0.361 e. The number of aromatic nitrogens is 3. The van der Waals surface area contributed by atoms with Gasteiger partial charge >= 0.3 is 0 Å². The van der Waals surface area contributed by atoms with Crippen molar-refractivity contribution in [2.45, 2.75) is 50.9 Å². The summed E-state index contributed by atoms with van der Waals surface area (Å²) in [7, 11) is 0. The minimum atomic E-state index is -0.112. The van der Waals surface area contributed by atoms with Crippen LogP contribution >= 0.6 is 23.4 Å². The van der Waals surface area contributed by atoms with Crippen molar-refractivity contribution in [2.24, 2.45) is 0 Å². The summed E-state index contributed by atoms with van der Waals surface area (Å²) in [6.45, 7) is 8.18. The lowest BCUT2D eigenvalue weighted by Crippen LogP contribution is -2.21. The molecule has 4 rings (SSSR count). The van der Waals surface area contributed by atoms with Crippen LogP contribution in [0.5, 0.6) is 0 Å². The third kappa shape index (κ3) is 4.27. The molecule has 0 aliphatic rings. The standard InChI is InChI=1S/C24H24ClN3O2S/c1-5-14(2)17-6-9-19(10-7-17)28-23(29)20-11-8-18(25)12-22(20)26-24(28)31-13-21-15(3)27-30-16(21)4/h6-12,14H,5,13H2,1-4H3. The minimum Gasteiger partial charge on any atom is -0.361 e. The first-order valence-electron chi connectivity index (χ1n) is 10.3. The molecule has 0 amide bonds. The van der Waals surface area contributed by atoms with E-state index in [4.69, 9.17) is 21.1 Å². The van der Waals surface area contributed by atoms with Gasteiger partial charge in [-0.1, -0.05) is 54.5 Å². The van der Waals surface area contributed by atoms with Crippen LogP contribution in [0.3, 0.4) is 0 Å². The van der Waals surface area contributed by atoms with Crippen molar-refractivity contribution < 1.29 is 4.52 Å². The number of rotatable bonds is 6. The van der Waals surface area contributed by atoms with Crippen molar-refractivity contribution in [1.29, 1.82) is 0 Å². The average Bonchev–Trinajstić information content (AvgIpc) is 3.09. The van der Waals surface area contributed by atoms with Crippen molar-refractivity contribution in [1.82, 2.24) is 14.7 Å². The molecule has 0 saturated heterocycles. The molecule has 5 nitrogen and oxygen atoms in total. The number of hydrogen-bond acceptors (Lipinski definition) is 5. The van der Waals surface area contributed by atoms with Gasteiger partial charge in [-0.15, -0.1) is 0 Å². The zero-order chi connectivity index (χ0) is 22.1. The van der Waals surface area contributed by atoms with E-state index in [0.717, 1.165) is 29.1 Å². The summed E-state index contributed by atoms with van der Waals surface area (Å²) in [4.78, 5) is 18.3. The Kier molecular flexibility index (Phi) is 6.21. The molecule has 0 N–H and O–H groups in total. The predicted molar refractivity (Wildman–Crippen MR) is 127 cm³/mol. The fourth-order valence-electron chi connectivity index (χ4n) is 3.50. The highest BCUT2D eigenvalue weighted by molar-refractivity contribution is 7.98. The molecule has 0 aliphatic carbocycles. The normalized spacial score (nSPS) is 12.4. The van der Waals surface area contributed by atoms with Crippen LogP contribution in [0.1, 0.15) is 48.8 Å². The summed E-state index contributed by atoms with van der Waals surface area (Å²) >= 11 is 7.65. The second kappa shape index (κ2) is 8.89. The van der Waals surface area contributed by atoms with E-state index in [1.54, 1.807) is 22.8 Å². The Hall–Kier alpha value is -2.57. The zero-order valence-corrected chi connectivity index (χ0v) is 19.5. The van der Waals surface area contributed by atoms with Crippen LogP contribution < -0.4 is 5.56 Å². The highest BCUT2D eigenvalue weighted by atomic mass is 35.5. The molecule has 2 aromatic carbocycles. The van der Waals surface area contributed by atoms with Crippen molar-refractivity contribution >= 4 is 34.3 Å². The fraction of sp³-hybridized carbons (Fsp3) is 0.292. The van der Waals surface area contributed by atoms with Gasteiger partial charge in [-0.3, -0.25) is 9.36 Å². The molecule has 1 unspecified atom stereocenters. The summed E-state index contributed by atoms with van der Waals surface area (Å²) < 4.78 is 6.96. The number of thioether (sulfide) groups is 1. The van der Waals surface area contributed by atoms with E-state index in [1.165, 1.54) is 17.3 Å². The number of fused-ring (bicyclic) bond motifs is 1. The molecule has 2 aromatic heterocycles. The van der Waals surface area contributed by atoms with E-state index >= 15 is 0 Å². The maximum absolute atomic E-state index is 13.5. The quantitative estimate of drug-likeness (QED) is 0.248. The highest BCUT2D eigenvalue weighted by Crippen LogP contribution is 2.28.